The van der Waals surface area contributed by atoms with Crippen molar-refractivity contribution in [3.63, 3.8) is 0 Å². The van der Waals surface area contributed by atoms with Crippen molar-refractivity contribution in [1.82, 2.24) is 5.32 Å². The Bertz CT molecular complexity index is 166. The molecule has 0 aromatic rings. The van der Waals surface area contributed by atoms with Crippen molar-refractivity contribution in [2.45, 2.75) is 71.9 Å². The highest BCUT2D eigenvalue weighted by Crippen LogP contribution is 2.30. The van der Waals surface area contributed by atoms with Crippen molar-refractivity contribution in [3.8, 4) is 0 Å². The van der Waals surface area contributed by atoms with Gasteiger partial charge in [0, 0.05) is 12.6 Å². The SMILES string of the molecule is CCCC(C)C(NC)C(CC)(CC)OCC. The summed E-state index contributed by atoms with van der Waals surface area (Å²) in [4.78, 5) is 0. The number of nitrogens with one attached hydrogen (secondary N) is 1. The maximum absolute atomic E-state index is 6.09. The molecule has 98 valence electrons. The minimum Gasteiger partial charge on any atom is -0.374 e. The van der Waals surface area contributed by atoms with Crippen LogP contribution in [0.25, 0.3) is 0 Å². The standard InChI is InChI=1S/C14H31NO/c1-7-11-12(5)13(15-6)14(8-2,9-3)16-10-4/h12-13,15H,7-11H2,1-6H3. The van der Waals surface area contributed by atoms with Crippen LogP contribution in [0.3, 0.4) is 0 Å². The molecule has 2 heteroatoms. The van der Waals surface area contributed by atoms with Crippen molar-refractivity contribution in [2.24, 2.45) is 5.92 Å². The van der Waals surface area contributed by atoms with Crippen molar-refractivity contribution >= 4 is 0 Å². The third-order valence-corrected chi connectivity index (χ3v) is 3.82. The summed E-state index contributed by atoms with van der Waals surface area (Å²) in [5.74, 6) is 0.668. The molecule has 0 amide bonds. The maximum atomic E-state index is 6.09. The molecule has 0 heterocycles. The first-order chi connectivity index (χ1) is 7.61. The molecule has 16 heavy (non-hydrogen) atoms. The Morgan fingerprint density at radius 3 is 2.00 bits per heavy atom. The van der Waals surface area contributed by atoms with Crippen LogP contribution in [0.4, 0.5) is 0 Å². The summed E-state index contributed by atoms with van der Waals surface area (Å²) in [6.45, 7) is 12.0. The van der Waals surface area contributed by atoms with Gasteiger partial charge in [-0.05, 0) is 39.2 Å². The molecule has 2 unspecified atom stereocenters. The van der Waals surface area contributed by atoms with E-state index in [1.165, 1.54) is 12.8 Å². The molecule has 0 aromatic carbocycles. The summed E-state index contributed by atoms with van der Waals surface area (Å²) in [6, 6.07) is 0.461. The zero-order chi connectivity index (χ0) is 12.6. The Balaban J connectivity index is 4.81. The van der Waals surface area contributed by atoms with Gasteiger partial charge in [-0.25, -0.2) is 0 Å². The number of ether oxygens (including phenoxy) is 1. The van der Waals surface area contributed by atoms with E-state index < -0.39 is 0 Å². The lowest BCUT2D eigenvalue weighted by atomic mass is 9.79. The molecule has 0 aromatic heterocycles. The molecule has 0 aliphatic rings. The van der Waals surface area contributed by atoms with E-state index in [9.17, 15) is 0 Å². The predicted molar refractivity (Wildman–Crippen MR) is 71.9 cm³/mol. The molecule has 0 aliphatic carbocycles. The van der Waals surface area contributed by atoms with Crippen LogP contribution in [0, 0.1) is 5.92 Å². The summed E-state index contributed by atoms with van der Waals surface area (Å²) in [5, 5.41) is 3.49. The molecule has 2 atom stereocenters. The largest absolute Gasteiger partial charge is 0.374 e. The Kier molecular flexibility index (Phi) is 8.04. The topological polar surface area (TPSA) is 21.3 Å². The fourth-order valence-electron chi connectivity index (χ4n) is 2.96. The number of likely N-dealkylation sites (N-methyl/N-ethyl adjacent to an activating group) is 1. The van der Waals surface area contributed by atoms with Gasteiger partial charge in [0.05, 0.1) is 5.60 Å². The highest BCUT2D eigenvalue weighted by Gasteiger charge is 2.38. The van der Waals surface area contributed by atoms with Crippen LogP contribution in [0.15, 0.2) is 0 Å². The molecule has 0 saturated heterocycles. The second-order valence-electron chi connectivity index (χ2n) is 4.74. The summed E-state index contributed by atoms with van der Waals surface area (Å²) in [7, 11) is 2.07. The second kappa shape index (κ2) is 8.08. The van der Waals surface area contributed by atoms with E-state index in [1.54, 1.807) is 0 Å². The maximum Gasteiger partial charge on any atom is 0.0831 e. The van der Waals surface area contributed by atoms with Gasteiger partial charge in [0.25, 0.3) is 0 Å². The van der Waals surface area contributed by atoms with Gasteiger partial charge in [-0.1, -0.05) is 34.1 Å². The lowest BCUT2D eigenvalue weighted by molar-refractivity contribution is -0.0829. The second-order valence-corrected chi connectivity index (χ2v) is 4.74. The van der Waals surface area contributed by atoms with E-state index in [1.807, 2.05) is 0 Å². The smallest absolute Gasteiger partial charge is 0.0831 e. The normalized spacial score (nSPS) is 16.1. The van der Waals surface area contributed by atoms with E-state index in [0.717, 1.165) is 19.4 Å². The van der Waals surface area contributed by atoms with Crippen LogP contribution < -0.4 is 5.32 Å². The van der Waals surface area contributed by atoms with Gasteiger partial charge in [-0.2, -0.15) is 0 Å². The van der Waals surface area contributed by atoms with Gasteiger partial charge in [0.1, 0.15) is 0 Å². The number of hydrogen-bond donors (Lipinski definition) is 1. The molecule has 0 aliphatic heterocycles. The lowest BCUT2D eigenvalue weighted by Gasteiger charge is -2.42. The van der Waals surface area contributed by atoms with Gasteiger partial charge >= 0.3 is 0 Å². The van der Waals surface area contributed by atoms with Crippen molar-refractivity contribution in [2.75, 3.05) is 13.7 Å². The first kappa shape index (κ1) is 15.9. The minimum atomic E-state index is 0.0120. The van der Waals surface area contributed by atoms with E-state index in [2.05, 4.69) is 47.0 Å². The van der Waals surface area contributed by atoms with Crippen molar-refractivity contribution < 1.29 is 4.74 Å². The third-order valence-electron chi connectivity index (χ3n) is 3.82. The van der Waals surface area contributed by atoms with Crippen molar-refractivity contribution in [1.29, 1.82) is 0 Å². The monoisotopic (exact) mass is 229 g/mol. The molecule has 0 saturated carbocycles. The number of hydrogen-bond acceptors (Lipinski definition) is 2. The van der Waals surface area contributed by atoms with E-state index in [-0.39, 0.29) is 5.60 Å². The van der Waals surface area contributed by atoms with Gasteiger partial charge in [0.15, 0.2) is 0 Å². The van der Waals surface area contributed by atoms with Crippen LogP contribution in [-0.2, 0) is 4.74 Å². The zero-order valence-corrected chi connectivity index (χ0v) is 12.1. The minimum absolute atomic E-state index is 0.0120. The summed E-state index contributed by atoms with van der Waals surface area (Å²) in [6.07, 6.45) is 4.67. The number of rotatable bonds is 9. The quantitative estimate of drug-likeness (QED) is 0.652. The predicted octanol–water partition coefficient (Wildman–Crippen LogP) is 3.61. The molecule has 0 spiro atoms. The van der Waals surface area contributed by atoms with Crippen LogP contribution >= 0.6 is 0 Å². The van der Waals surface area contributed by atoms with E-state index in [4.69, 9.17) is 4.74 Å². The summed E-state index contributed by atoms with van der Waals surface area (Å²) >= 11 is 0. The third kappa shape index (κ3) is 3.74. The van der Waals surface area contributed by atoms with Crippen molar-refractivity contribution in [3.05, 3.63) is 0 Å². The Morgan fingerprint density at radius 2 is 1.69 bits per heavy atom. The van der Waals surface area contributed by atoms with Gasteiger partial charge in [-0.3, -0.25) is 0 Å². The summed E-state index contributed by atoms with van der Waals surface area (Å²) in [5.41, 5.74) is 0.0120. The first-order valence-electron chi connectivity index (χ1n) is 6.92. The van der Waals surface area contributed by atoms with E-state index in [0.29, 0.717) is 12.0 Å². The fourth-order valence-corrected chi connectivity index (χ4v) is 2.96. The highest BCUT2D eigenvalue weighted by atomic mass is 16.5. The van der Waals surface area contributed by atoms with Gasteiger partial charge in [-0.15, -0.1) is 0 Å². The molecule has 2 nitrogen and oxygen atoms in total. The molecule has 0 radical (unpaired) electrons. The molecule has 0 bridgehead atoms. The summed E-state index contributed by atoms with van der Waals surface area (Å²) < 4.78 is 6.09. The van der Waals surface area contributed by atoms with Crippen LogP contribution in [0.2, 0.25) is 0 Å². The Hall–Kier alpha value is -0.0800. The van der Waals surface area contributed by atoms with Crippen LogP contribution in [0.5, 0.6) is 0 Å². The molecule has 1 N–H and O–H groups in total. The molecule has 0 rings (SSSR count). The van der Waals surface area contributed by atoms with E-state index >= 15 is 0 Å². The highest BCUT2D eigenvalue weighted by molar-refractivity contribution is 4.93. The van der Waals surface area contributed by atoms with Crippen LogP contribution in [0.1, 0.15) is 60.3 Å². The average Bonchev–Trinajstić information content (AvgIpc) is 2.29. The van der Waals surface area contributed by atoms with Gasteiger partial charge < -0.3 is 10.1 Å². The Morgan fingerprint density at radius 1 is 1.12 bits per heavy atom. The molecular weight excluding hydrogens is 198 g/mol. The van der Waals surface area contributed by atoms with Gasteiger partial charge in [0.2, 0.25) is 0 Å². The fraction of sp³-hybridized carbons (Fsp3) is 1.00. The molecular formula is C14H31NO. The Labute approximate surface area is 102 Å². The first-order valence-corrected chi connectivity index (χ1v) is 6.92. The zero-order valence-electron chi connectivity index (χ0n) is 12.1. The van der Waals surface area contributed by atoms with Crippen LogP contribution in [-0.4, -0.2) is 25.3 Å². The average molecular weight is 229 g/mol. The molecule has 0 fully saturated rings. The lowest BCUT2D eigenvalue weighted by Crippen LogP contribution is -2.54.